The lowest BCUT2D eigenvalue weighted by molar-refractivity contribution is -0.123. The maximum absolute atomic E-state index is 12.6. The summed E-state index contributed by atoms with van der Waals surface area (Å²) in [7, 11) is 0. The number of hydrogen-bond acceptors (Lipinski definition) is 3. The molecule has 0 spiro atoms. The van der Waals surface area contributed by atoms with Crippen molar-refractivity contribution in [1.29, 1.82) is 0 Å². The number of anilines is 3. The van der Waals surface area contributed by atoms with E-state index in [1.54, 1.807) is 12.1 Å². The first-order valence-electron chi connectivity index (χ1n) is 10.2. The number of carbonyl (C=O) groups excluding carboxylic acids is 3. The van der Waals surface area contributed by atoms with E-state index in [2.05, 4.69) is 16.0 Å². The van der Waals surface area contributed by atoms with Crippen LogP contribution in [0.4, 0.5) is 17.1 Å². The van der Waals surface area contributed by atoms with Crippen LogP contribution in [-0.4, -0.2) is 17.7 Å². The molecule has 6 nitrogen and oxygen atoms in total. The topological polar surface area (TPSA) is 87.3 Å². The van der Waals surface area contributed by atoms with E-state index in [-0.39, 0.29) is 24.1 Å². The van der Waals surface area contributed by atoms with Crippen molar-refractivity contribution in [2.24, 2.45) is 0 Å². The third-order valence-electron chi connectivity index (χ3n) is 5.39. The van der Waals surface area contributed by atoms with Crippen molar-refractivity contribution in [3.8, 4) is 11.1 Å². The zero-order chi connectivity index (χ0) is 22.1. The van der Waals surface area contributed by atoms with Crippen LogP contribution in [-0.2, 0) is 9.59 Å². The number of nitrogens with one attached hydrogen (secondary N) is 3. The third-order valence-corrected chi connectivity index (χ3v) is 5.39. The van der Waals surface area contributed by atoms with E-state index >= 15 is 0 Å². The van der Waals surface area contributed by atoms with Gasteiger partial charge in [-0.25, -0.2) is 0 Å². The summed E-state index contributed by atoms with van der Waals surface area (Å²) in [6, 6.07) is 26.1. The predicted molar refractivity (Wildman–Crippen MR) is 126 cm³/mol. The Labute approximate surface area is 184 Å². The third kappa shape index (κ3) is 3.70. The predicted octanol–water partition coefficient (Wildman–Crippen LogP) is 5.04. The number of para-hydroxylation sites is 1. The molecule has 0 atom stereocenters. The van der Waals surface area contributed by atoms with E-state index in [1.807, 2.05) is 72.8 Å². The second kappa shape index (κ2) is 8.00. The largest absolute Gasteiger partial charge is 0.323 e. The lowest BCUT2D eigenvalue weighted by Crippen LogP contribution is -2.16. The van der Waals surface area contributed by atoms with Crippen LogP contribution in [0.2, 0.25) is 0 Å². The van der Waals surface area contributed by atoms with Crippen molar-refractivity contribution >= 4 is 45.6 Å². The molecule has 156 valence electrons. The van der Waals surface area contributed by atoms with Crippen LogP contribution in [0.5, 0.6) is 0 Å². The Morgan fingerprint density at radius 3 is 2.16 bits per heavy atom. The average Bonchev–Trinajstić information content (AvgIpc) is 2.96. The molecule has 0 saturated heterocycles. The van der Waals surface area contributed by atoms with E-state index in [0.717, 1.165) is 27.6 Å². The van der Waals surface area contributed by atoms with Crippen molar-refractivity contribution in [1.82, 2.24) is 0 Å². The van der Waals surface area contributed by atoms with Crippen LogP contribution >= 0.6 is 0 Å². The van der Waals surface area contributed by atoms with Crippen molar-refractivity contribution in [2.45, 2.75) is 6.42 Å². The molecule has 3 N–H and O–H groups in total. The van der Waals surface area contributed by atoms with E-state index in [9.17, 15) is 14.4 Å². The fourth-order valence-corrected chi connectivity index (χ4v) is 3.87. The minimum atomic E-state index is -0.364. The van der Waals surface area contributed by atoms with Crippen LogP contribution in [0.25, 0.3) is 21.9 Å². The zero-order valence-corrected chi connectivity index (χ0v) is 17.0. The van der Waals surface area contributed by atoms with Gasteiger partial charge in [-0.15, -0.1) is 0 Å². The molecule has 0 unspecified atom stereocenters. The van der Waals surface area contributed by atoms with Gasteiger partial charge in [0.2, 0.25) is 11.8 Å². The summed E-state index contributed by atoms with van der Waals surface area (Å²) in [4.78, 5) is 37.0. The van der Waals surface area contributed by atoms with E-state index in [0.29, 0.717) is 16.9 Å². The van der Waals surface area contributed by atoms with Gasteiger partial charge in [0.15, 0.2) is 0 Å². The first kappa shape index (κ1) is 19.5. The van der Waals surface area contributed by atoms with Crippen LogP contribution in [0, 0.1) is 0 Å². The summed E-state index contributed by atoms with van der Waals surface area (Å²) >= 11 is 0. The molecule has 4 aromatic rings. The molecule has 0 fully saturated rings. The number of amides is 3. The molecule has 0 aromatic heterocycles. The minimum Gasteiger partial charge on any atom is -0.323 e. The Hall–Kier alpha value is -4.45. The van der Waals surface area contributed by atoms with Crippen LogP contribution in [0.3, 0.4) is 0 Å². The lowest BCUT2D eigenvalue weighted by atomic mass is 9.96. The first-order chi connectivity index (χ1) is 15.6. The molecule has 1 aliphatic heterocycles. The maximum Gasteiger partial charge on any atom is 0.255 e. The number of rotatable bonds is 3. The van der Waals surface area contributed by atoms with Crippen molar-refractivity contribution in [2.75, 3.05) is 16.0 Å². The highest BCUT2D eigenvalue weighted by Crippen LogP contribution is 2.41. The van der Waals surface area contributed by atoms with Crippen molar-refractivity contribution < 1.29 is 14.4 Å². The second-order valence-electron chi connectivity index (χ2n) is 7.57. The van der Waals surface area contributed by atoms with Gasteiger partial charge in [0.05, 0.1) is 11.4 Å². The van der Waals surface area contributed by atoms with Crippen molar-refractivity contribution in [3.05, 3.63) is 90.5 Å². The van der Waals surface area contributed by atoms with E-state index in [4.69, 9.17) is 0 Å². The standard InChI is InChI=1S/C26H19N3O3/c30-22-15-23(31)29-25-21(14-18-6-4-5-9-20(18)24(25)28-22)16-10-12-17(13-11-16)26(32)27-19-7-2-1-3-8-19/h1-14H,15H2,(H,27,32)(H,28,30)(H,29,31). The maximum atomic E-state index is 12.6. The normalized spacial score (nSPS) is 13.0. The Balaban J connectivity index is 1.55. The monoisotopic (exact) mass is 421 g/mol. The molecule has 0 aliphatic carbocycles. The van der Waals surface area contributed by atoms with Gasteiger partial charge >= 0.3 is 0 Å². The average molecular weight is 421 g/mol. The summed E-state index contributed by atoms with van der Waals surface area (Å²) in [5.74, 6) is -0.922. The molecular weight excluding hydrogens is 402 g/mol. The summed E-state index contributed by atoms with van der Waals surface area (Å²) in [6.45, 7) is 0. The molecule has 32 heavy (non-hydrogen) atoms. The molecule has 1 aliphatic rings. The SMILES string of the molecule is O=C1CC(=O)Nc2c(c(-c3ccc(C(=O)Nc4ccccc4)cc3)cc3ccccc23)N1. The molecule has 1 heterocycles. The highest BCUT2D eigenvalue weighted by atomic mass is 16.2. The number of hydrogen-bond donors (Lipinski definition) is 3. The Bertz CT molecular complexity index is 1360. The highest BCUT2D eigenvalue weighted by Gasteiger charge is 2.23. The van der Waals surface area contributed by atoms with Gasteiger partial charge in [-0.3, -0.25) is 14.4 Å². The zero-order valence-electron chi connectivity index (χ0n) is 17.0. The summed E-state index contributed by atoms with van der Waals surface area (Å²) < 4.78 is 0. The van der Waals surface area contributed by atoms with Crippen LogP contribution in [0.1, 0.15) is 16.8 Å². The Morgan fingerprint density at radius 1 is 0.750 bits per heavy atom. The molecule has 3 amide bonds. The smallest absolute Gasteiger partial charge is 0.255 e. The number of benzene rings is 4. The van der Waals surface area contributed by atoms with Crippen LogP contribution in [0.15, 0.2) is 84.9 Å². The Kier molecular flexibility index (Phi) is 4.88. The minimum absolute atomic E-state index is 0.208. The van der Waals surface area contributed by atoms with E-state index < -0.39 is 0 Å². The van der Waals surface area contributed by atoms with Gasteiger partial charge in [-0.05, 0) is 41.3 Å². The molecule has 0 bridgehead atoms. The molecule has 6 heteroatoms. The number of fused-ring (bicyclic) bond motifs is 3. The van der Waals surface area contributed by atoms with Gasteiger partial charge in [-0.2, -0.15) is 0 Å². The molecular formula is C26H19N3O3. The molecule has 0 saturated carbocycles. The molecule has 0 radical (unpaired) electrons. The number of carbonyl (C=O) groups is 3. The fourth-order valence-electron chi connectivity index (χ4n) is 3.87. The first-order valence-corrected chi connectivity index (χ1v) is 10.2. The summed E-state index contributed by atoms with van der Waals surface area (Å²) in [6.07, 6.45) is -0.235. The van der Waals surface area contributed by atoms with Gasteiger partial charge < -0.3 is 16.0 Å². The van der Waals surface area contributed by atoms with Crippen molar-refractivity contribution in [3.63, 3.8) is 0 Å². The van der Waals surface area contributed by atoms with Gasteiger partial charge in [0.25, 0.3) is 5.91 Å². The van der Waals surface area contributed by atoms with Gasteiger partial charge in [0.1, 0.15) is 6.42 Å². The van der Waals surface area contributed by atoms with Gasteiger partial charge in [0, 0.05) is 22.2 Å². The van der Waals surface area contributed by atoms with Gasteiger partial charge in [-0.1, -0.05) is 54.6 Å². The Morgan fingerprint density at radius 2 is 1.41 bits per heavy atom. The summed E-state index contributed by atoms with van der Waals surface area (Å²) in [5, 5.41) is 10.4. The quantitative estimate of drug-likeness (QED) is 0.405. The summed E-state index contributed by atoms with van der Waals surface area (Å²) in [5.41, 5.74) is 3.96. The second-order valence-corrected chi connectivity index (χ2v) is 7.57. The molecule has 5 rings (SSSR count). The van der Waals surface area contributed by atoms with Crippen LogP contribution < -0.4 is 16.0 Å². The fraction of sp³-hybridized carbons (Fsp3) is 0.0385. The molecule has 4 aromatic carbocycles. The lowest BCUT2D eigenvalue weighted by Gasteiger charge is -2.17. The van der Waals surface area contributed by atoms with E-state index in [1.165, 1.54) is 0 Å². The highest BCUT2D eigenvalue weighted by molar-refractivity contribution is 6.21.